The van der Waals surface area contributed by atoms with Crippen molar-refractivity contribution >= 4 is 45.0 Å². The Labute approximate surface area is 123 Å². The van der Waals surface area contributed by atoms with Crippen molar-refractivity contribution in [1.82, 2.24) is 9.97 Å². The molecule has 19 heavy (non-hydrogen) atoms. The van der Waals surface area contributed by atoms with Gasteiger partial charge in [0.15, 0.2) is 0 Å². The minimum atomic E-state index is -0.405. The lowest BCUT2D eigenvalue weighted by Gasteiger charge is -2.12. The van der Waals surface area contributed by atoms with Crippen molar-refractivity contribution in [1.29, 1.82) is 0 Å². The molecule has 0 radical (unpaired) electrons. The lowest BCUT2D eigenvalue weighted by atomic mass is 10.3. The van der Waals surface area contributed by atoms with Crippen molar-refractivity contribution in [2.24, 2.45) is 0 Å². The molecule has 100 valence electrons. The third kappa shape index (κ3) is 3.13. The number of anilines is 3. The monoisotopic (exact) mass is 344 g/mol. The van der Waals surface area contributed by atoms with Crippen LogP contribution in [0.25, 0.3) is 0 Å². The van der Waals surface area contributed by atoms with Crippen molar-refractivity contribution < 1.29 is 4.39 Å². The molecule has 0 saturated carbocycles. The van der Waals surface area contributed by atoms with Crippen molar-refractivity contribution in [2.45, 2.75) is 6.92 Å². The van der Waals surface area contributed by atoms with Gasteiger partial charge in [-0.25, -0.2) is 9.37 Å². The zero-order chi connectivity index (χ0) is 14.0. The molecule has 0 saturated heterocycles. The van der Waals surface area contributed by atoms with Gasteiger partial charge in [0, 0.05) is 23.3 Å². The van der Waals surface area contributed by atoms with Gasteiger partial charge in [-0.1, -0.05) is 11.6 Å². The highest BCUT2D eigenvalue weighted by Gasteiger charge is 2.11. The molecular formula is C12H11BrClFN4. The van der Waals surface area contributed by atoms with Gasteiger partial charge in [0.2, 0.25) is 5.95 Å². The van der Waals surface area contributed by atoms with Crippen LogP contribution >= 0.6 is 27.5 Å². The number of hydrogen-bond acceptors (Lipinski definition) is 4. The van der Waals surface area contributed by atoms with E-state index in [2.05, 4.69) is 36.5 Å². The van der Waals surface area contributed by atoms with Crippen LogP contribution < -0.4 is 10.6 Å². The topological polar surface area (TPSA) is 49.8 Å². The molecule has 1 heterocycles. The molecule has 0 aliphatic heterocycles. The Morgan fingerprint density at radius 3 is 2.74 bits per heavy atom. The minimum Gasteiger partial charge on any atom is -0.357 e. The molecule has 2 rings (SSSR count). The molecule has 1 aromatic carbocycles. The standard InChI is InChI=1S/C12H11BrClFN4/c1-6-5-17-12(16-2)19-11(6)18-10-8(13)3-7(15)4-9(10)14/h3-5H,1-2H3,(H2,16,17,18,19). The Kier molecular flexibility index (Phi) is 4.21. The quantitative estimate of drug-likeness (QED) is 0.878. The number of aryl methyl sites for hydroxylation is 1. The van der Waals surface area contributed by atoms with Crippen LogP contribution in [-0.2, 0) is 0 Å². The Bertz CT molecular complexity index is 598. The van der Waals surface area contributed by atoms with E-state index in [1.165, 1.54) is 12.1 Å². The molecule has 0 aliphatic rings. The van der Waals surface area contributed by atoms with Gasteiger partial charge in [0.1, 0.15) is 11.6 Å². The Morgan fingerprint density at radius 1 is 1.37 bits per heavy atom. The van der Waals surface area contributed by atoms with Crippen molar-refractivity contribution in [3.05, 3.63) is 39.2 Å². The van der Waals surface area contributed by atoms with Gasteiger partial charge in [-0.15, -0.1) is 0 Å². The number of halogens is 3. The first-order valence-electron chi connectivity index (χ1n) is 5.44. The third-order valence-electron chi connectivity index (χ3n) is 2.45. The molecule has 2 N–H and O–H groups in total. The highest BCUT2D eigenvalue weighted by atomic mass is 79.9. The summed E-state index contributed by atoms with van der Waals surface area (Å²) in [6, 6.07) is 2.58. The van der Waals surface area contributed by atoms with Crippen LogP contribution in [0.2, 0.25) is 5.02 Å². The fourth-order valence-corrected chi connectivity index (χ4v) is 2.37. The van der Waals surface area contributed by atoms with Crippen LogP contribution in [-0.4, -0.2) is 17.0 Å². The summed E-state index contributed by atoms with van der Waals surface area (Å²) in [4.78, 5) is 8.38. The lowest BCUT2D eigenvalue weighted by molar-refractivity contribution is 0.627. The lowest BCUT2D eigenvalue weighted by Crippen LogP contribution is -2.03. The van der Waals surface area contributed by atoms with Gasteiger partial charge in [-0.2, -0.15) is 4.98 Å². The zero-order valence-corrected chi connectivity index (χ0v) is 12.6. The van der Waals surface area contributed by atoms with Gasteiger partial charge < -0.3 is 10.6 Å². The Balaban J connectivity index is 2.41. The summed E-state index contributed by atoms with van der Waals surface area (Å²) in [6.45, 7) is 1.87. The summed E-state index contributed by atoms with van der Waals surface area (Å²) in [5.74, 6) is 0.689. The molecule has 0 spiro atoms. The van der Waals surface area contributed by atoms with E-state index in [9.17, 15) is 4.39 Å². The summed E-state index contributed by atoms with van der Waals surface area (Å²) in [5, 5.41) is 6.20. The number of nitrogens with zero attached hydrogens (tertiary/aromatic N) is 2. The van der Waals surface area contributed by atoms with Gasteiger partial charge >= 0.3 is 0 Å². The molecule has 0 bridgehead atoms. The van der Waals surface area contributed by atoms with Crippen molar-refractivity contribution in [3.63, 3.8) is 0 Å². The Hall–Kier alpha value is -1.40. The van der Waals surface area contributed by atoms with Crippen LogP contribution in [0.5, 0.6) is 0 Å². The normalized spacial score (nSPS) is 10.4. The van der Waals surface area contributed by atoms with Gasteiger partial charge in [0.25, 0.3) is 0 Å². The highest BCUT2D eigenvalue weighted by molar-refractivity contribution is 9.10. The molecule has 1 aromatic heterocycles. The predicted molar refractivity (Wildman–Crippen MR) is 78.7 cm³/mol. The molecule has 0 amide bonds. The van der Waals surface area contributed by atoms with E-state index in [0.717, 1.165) is 5.56 Å². The summed E-state index contributed by atoms with van der Waals surface area (Å²) in [5.41, 5.74) is 1.42. The van der Waals surface area contributed by atoms with E-state index in [0.29, 0.717) is 21.9 Å². The Morgan fingerprint density at radius 2 is 2.11 bits per heavy atom. The molecule has 2 aromatic rings. The first-order valence-corrected chi connectivity index (χ1v) is 6.61. The second kappa shape index (κ2) is 5.71. The number of rotatable bonds is 3. The van der Waals surface area contributed by atoms with E-state index < -0.39 is 5.82 Å². The number of hydrogen-bond donors (Lipinski definition) is 2. The minimum absolute atomic E-state index is 0.274. The maximum Gasteiger partial charge on any atom is 0.224 e. The number of aromatic nitrogens is 2. The van der Waals surface area contributed by atoms with Gasteiger partial charge in [-0.05, 0) is 35.0 Å². The van der Waals surface area contributed by atoms with Crippen LogP contribution in [0.4, 0.5) is 21.8 Å². The molecule has 0 fully saturated rings. The zero-order valence-electron chi connectivity index (χ0n) is 10.3. The smallest absolute Gasteiger partial charge is 0.224 e. The second-order valence-corrected chi connectivity index (χ2v) is 5.11. The average Bonchev–Trinajstić information content (AvgIpc) is 2.35. The van der Waals surface area contributed by atoms with Crippen LogP contribution in [0.15, 0.2) is 22.8 Å². The fourth-order valence-electron chi connectivity index (χ4n) is 1.47. The highest BCUT2D eigenvalue weighted by Crippen LogP contribution is 2.34. The molecule has 0 aliphatic carbocycles. The van der Waals surface area contributed by atoms with E-state index in [1.807, 2.05) is 6.92 Å². The van der Waals surface area contributed by atoms with E-state index in [4.69, 9.17) is 11.6 Å². The summed E-state index contributed by atoms with van der Waals surface area (Å²) < 4.78 is 13.7. The average molecular weight is 346 g/mol. The molecule has 0 atom stereocenters. The fraction of sp³-hybridized carbons (Fsp3) is 0.167. The van der Waals surface area contributed by atoms with Crippen LogP contribution in [0.3, 0.4) is 0 Å². The predicted octanol–water partition coefficient (Wildman–Crippen LogP) is 4.13. The van der Waals surface area contributed by atoms with Crippen molar-refractivity contribution in [3.8, 4) is 0 Å². The van der Waals surface area contributed by atoms with E-state index in [1.54, 1.807) is 13.2 Å². The summed E-state index contributed by atoms with van der Waals surface area (Å²) >= 11 is 9.29. The molecule has 7 heteroatoms. The van der Waals surface area contributed by atoms with Gasteiger partial charge in [-0.3, -0.25) is 0 Å². The van der Waals surface area contributed by atoms with E-state index >= 15 is 0 Å². The molecule has 4 nitrogen and oxygen atoms in total. The first kappa shape index (κ1) is 14.0. The van der Waals surface area contributed by atoms with Crippen LogP contribution in [0, 0.1) is 12.7 Å². The van der Waals surface area contributed by atoms with Crippen molar-refractivity contribution in [2.75, 3.05) is 17.7 Å². The number of nitrogens with one attached hydrogen (secondary N) is 2. The third-order valence-corrected chi connectivity index (χ3v) is 3.37. The van der Waals surface area contributed by atoms with Gasteiger partial charge in [0.05, 0.1) is 10.7 Å². The summed E-state index contributed by atoms with van der Waals surface area (Å²) in [6.07, 6.45) is 1.69. The maximum atomic E-state index is 13.2. The maximum absolute atomic E-state index is 13.2. The SMILES string of the molecule is CNc1ncc(C)c(Nc2c(Cl)cc(F)cc2Br)n1. The molecule has 0 unspecified atom stereocenters. The van der Waals surface area contributed by atoms with Crippen LogP contribution in [0.1, 0.15) is 5.56 Å². The van der Waals surface area contributed by atoms with E-state index in [-0.39, 0.29) is 5.02 Å². The second-order valence-electron chi connectivity index (χ2n) is 3.84. The molecular weight excluding hydrogens is 335 g/mol. The first-order chi connectivity index (χ1) is 9.01. The summed E-state index contributed by atoms with van der Waals surface area (Å²) in [7, 11) is 1.73. The largest absolute Gasteiger partial charge is 0.357 e. The number of benzene rings is 1.